The lowest BCUT2D eigenvalue weighted by Crippen LogP contribution is -2.31. The van der Waals surface area contributed by atoms with Crippen molar-refractivity contribution in [3.63, 3.8) is 0 Å². The fraction of sp³-hybridized carbons (Fsp3) is 0.350. The molecule has 1 aliphatic heterocycles. The maximum absolute atomic E-state index is 13.5. The molecule has 5 heteroatoms. The monoisotopic (exact) mass is 342 g/mol. The Bertz CT molecular complexity index is 729. The molecule has 0 saturated carbocycles. The van der Waals surface area contributed by atoms with Gasteiger partial charge in [0, 0.05) is 31.8 Å². The normalized spacial score (nSPS) is 17.1. The third kappa shape index (κ3) is 5.11. The van der Waals surface area contributed by atoms with Crippen molar-refractivity contribution in [2.24, 2.45) is 5.73 Å². The summed E-state index contributed by atoms with van der Waals surface area (Å²) in [6.07, 6.45) is 2.32. The average molecular weight is 342 g/mol. The van der Waals surface area contributed by atoms with Crippen LogP contribution in [0.25, 0.3) is 0 Å². The molecular weight excluding hydrogens is 319 g/mol. The zero-order chi connectivity index (χ0) is 17.6. The van der Waals surface area contributed by atoms with E-state index in [4.69, 9.17) is 10.5 Å². The van der Waals surface area contributed by atoms with Crippen molar-refractivity contribution in [3.05, 3.63) is 71.0 Å². The predicted molar refractivity (Wildman–Crippen MR) is 94.4 cm³/mol. The Kier molecular flexibility index (Phi) is 5.79. The SMILES string of the molecule is NC(=O)c1cccc(CN(Cc2cccc(F)c2)CC2CCCO2)c1. The molecule has 1 aliphatic rings. The van der Waals surface area contributed by atoms with E-state index in [-0.39, 0.29) is 11.9 Å². The van der Waals surface area contributed by atoms with Crippen LogP contribution in [0, 0.1) is 5.82 Å². The Morgan fingerprint density at radius 2 is 1.88 bits per heavy atom. The van der Waals surface area contributed by atoms with Crippen LogP contribution in [0.15, 0.2) is 48.5 Å². The minimum absolute atomic E-state index is 0.202. The number of ether oxygens (including phenoxy) is 1. The molecule has 25 heavy (non-hydrogen) atoms. The molecule has 4 nitrogen and oxygen atoms in total. The lowest BCUT2D eigenvalue weighted by atomic mass is 10.1. The Hall–Kier alpha value is -2.24. The van der Waals surface area contributed by atoms with Gasteiger partial charge in [-0.1, -0.05) is 24.3 Å². The van der Waals surface area contributed by atoms with Gasteiger partial charge in [-0.3, -0.25) is 9.69 Å². The van der Waals surface area contributed by atoms with Gasteiger partial charge in [-0.05, 0) is 48.2 Å². The zero-order valence-electron chi connectivity index (χ0n) is 14.2. The molecule has 0 spiro atoms. The van der Waals surface area contributed by atoms with Crippen molar-refractivity contribution < 1.29 is 13.9 Å². The Balaban J connectivity index is 1.75. The quantitative estimate of drug-likeness (QED) is 0.841. The van der Waals surface area contributed by atoms with Crippen LogP contribution in [-0.4, -0.2) is 30.1 Å². The smallest absolute Gasteiger partial charge is 0.248 e. The fourth-order valence-electron chi connectivity index (χ4n) is 3.24. The minimum atomic E-state index is -0.433. The summed E-state index contributed by atoms with van der Waals surface area (Å²) in [5.74, 6) is -0.664. The van der Waals surface area contributed by atoms with E-state index in [9.17, 15) is 9.18 Å². The van der Waals surface area contributed by atoms with Gasteiger partial charge in [0.15, 0.2) is 0 Å². The first-order valence-corrected chi connectivity index (χ1v) is 8.57. The Morgan fingerprint density at radius 1 is 1.16 bits per heavy atom. The number of halogens is 1. The summed E-state index contributed by atoms with van der Waals surface area (Å²) < 4.78 is 19.3. The number of hydrogen-bond acceptors (Lipinski definition) is 3. The zero-order valence-corrected chi connectivity index (χ0v) is 14.2. The highest BCUT2D eigenvalue weighted by Crippen LogP contribution is 2.18. The summed E-state index contributed by atoms with van der Waals surface area (Å²) in [6, 6.07) is 14.0. The van der Waals surface area contributed by atoms with Gasteiger partial charge in [0.25, 0.3) is 0 Å². The Morgan fingerprint density at radius 3 is 2.52 bits per heavy atom. The molecule has 0 radical (unpaired) electrons. The summed E-state index contributed by atoms with van der Waals surface area (Å²) in [4.78, 5) is 13.6. The van der Waals surface area contributed by atoms with Gasteiger partial charge in [-0.2, -0.15) is 0 Å². The van der Waals surface area contributed by atoms with E-state index >= 15 is 0 Å². The van der Waals surface area contributed by atoms with Crippen molar-refractivity contribution in [2.45, 2.75) is 32.0 Å². The highest BCUT2D eigenvalue weighted by molar-refractivity contribution is 5.92. The molecule has 0 aliphatic carbocycles. The number of carbonyl (C=O) groups is 1. The molecule has 2 aromatic rings. The highest BCUT2D eigenvalue weighted by atomic mass is 19.1. The van der Waals surface area contributed by atoms with Crippen LogP contribution in [0.5, 0.6) is 0 Å². The minimum Gasteiger partial charge on any atom is -0.377 e. The summed E-state index contributed by atoms with van der Waals surface area (Å²) in [7, 11) is 0. The molecule has 1 atom stereocenters. The van der Waals surface area contributed by atoms with Gasteiger partial charge in [0.05, 0.1) is 6.10 Å². The van der Waals surface area contributed by atoms with Crippen LogP contribution >= 0.6 is 0 Å². The first-order valence-electron chi connectivity index (χ1n) is 8.57. The average Bonchev–Trinajstić information content (AvgIpc) is 3.08. The molecule has 1 fully saturated rings. The predicted octanol–water partition coefficient (Wildman–Crippen LogP) is 3.11. The van der Waals surface area contributed by atoms with Crippen molar-refractivity contribution in [2.75, 3.05) is 13.2 Å². The summed E-state index contributed by atoms with van der Waals surface area (Å²) in [6.45, 7) is 2.85. The van der Waals surface area contributed by atoms with Gasteiger partial charge in [0.2, 0.25) is 5.91 Å². The van der Waals surface area contributed by atoms with Crippen LogP contribution in [0.4, 0.5) is 4.39 Å². The molecule has 1 saturated heterocycles. The van der Waals surface area contributed by atoms with E-state index in [0.29, 0.717) is 18.7 Å². The molecular formula is C20H23FN2O2. The number of carbonyl (C=O) groups excluding carboxylic acids is 1. The molecule has 1 amide bonds. The number of rotatable bonds is 7. The van der Waals surface area contributed by atoms with Gasteiger partial charge >= 0.3 is 0 Å². The second-order valence-corrected chi connectivity index (χ2v) is 6.50. The van der Waals surface area contributed by atoms with Crippen LogP contribution in [0.2, 0.25) is 0 Å². The van der Waals surface area contributed by atoms with E-state index in [1.165, 1.54) is 6.07 Å². The Labute approximate surface area is 147 Å². The van der Waals surface area contributed by atoms with Crippen LogP contribution < -0.4 is 5.73 Å². The second kappa shape index (κ2) is 8.23. The molecule has 0 aromatic heterocycles. The first kappa shape index (κ1) is 17.6. The lowest BCUT2D eigenvalue weighted by Gasteiger charge is -2.25. The van der Waals surface area contributed by atoms with Gasteiger partial charge in [0.1, 0.15) is 5.82 Å². The third-order valence-corrected chi connectivity index (χ3v) is 4.40. The summed E-state index contributed by atoms with van der Waals surface area (Å²) in [5.41, 5.74) is 7.80. The summed E-state index contributed by atoms with van der Waals surface area (Å²) >= 11 is 0. The number of amides is 1. The van der Waals surface area contributed by atoms with Crippen molar-refractivity contribution in [3.8, 4) is 0 Å². The number of nitrogens with zero attached hydrogens (tertiary/aromatic N) is 1. The molecule has 1 heterocycles. The van der Waals surface area contributed by atoms with Crippen LogP contribution in [0.1, 0.15) is 34.3 Å². The van der Waals surface area contributed by atoms with E-state index < -0.39 is 5.91 Å². The van der Waals surface area contributed by atoms with Crippen LogP contribution in [-0.2, 0) is 17.8 Å². The number of benzene rings is 2. The van der Waals surface area contributed by atoms with Gasteiger partial charge in [-0.25, -0.2) is 4.39 Å². The molecule has 1 unspecified atom stereocenters. The van der Waals surface area contributed by atoms with Gasteiger partial charge < -0.3 is 10.5 Å². The fourth-order valence-corrected chi connectivity index (χ4v) is 3.24. The van der Waals surface area contributed by atoms with Crippen LogP contribution in [0.3, 0.4) is 0 Å². The molecule has 3 rings (SSSR count). The standard InChI is InChI=1S/C20H23FN2O2/c21-18-7-2-5-16(11-18)13-23(14-19-8-3-9-25-19)12-15-4-1-6-17(10-15)20(22)24/h1-2,4-7,10-11,19H,3,8-9,12-14H2,(H2,22,24). The lowest BCUT2D eigenvalue weighted by molar-refractivity contribution is 0.0678. The molecule has 0 bridgehead atoms. The maximum atomic E-state index is 13.5. The molecule has 2 aromatic carbocycles. The number of hydrogen-bond donors (Lipinski definition) is 1. The number of primary amides is 1. The van der Waals surface area contributed by atoms with E-state index in [1.807, 2.05) is 24.3 Å². The van der Waals surface area contributed by atoms with E-state index in [2.05, 4.69) is 4.90 Å². The number of nitrogens with two attached hydrogens (primary N) is 1. The largest absolute Gasteiger partial charge is 0.377 e. The summed E-state index contributed by atoms with van der Waals surface area (Å²) in [5, 5.41) is 0. The van der Waals surface area contributed by atoms with Crippen molar-refractivity contribution in [1.82, 2.24) is 4.90 Å². The van der Waals surface area contributed by atoms with Gasteiger partial charge in [-0.15, -0.1) is 0 Å². The molecule has 2 N–H and O–H groups in total. The third-order valence-electron chi connectivity index (χ3n) is 4.40. The topological polar surface area (TPSA) is 55.6 Å². The van der Waals surface area contributed by atoms with Crippen molar-refractivity contribution >= 4 is 5.91 Å². The van der Waals surface area contributed by atoms with E-state index in [0.717, 1.165) is 37.1 Å². The highest BCUT2D eigenvalue weighted by Gasteiger charge is 2.20. The first-order chi connectivity index (χ1) is 12.1. The molecule has 132 valence electrons. The second-order valence-electron chi connectivity index (χ2n) is 6.50. The maximum Gasteiger partial charge on any atom is 0.248 e. The van der Waals surface area contributed by atoms with E-state index in [1.54, 1.807) is 18.2 Å². The van der Waals surface area contributed by atoms with Crippen molar-refractivity contribution in [1.29, 1.82) is 0 Å².